The summed E-state index contributed by atoms with van der Waals surface area (Å²) in [5.74, 6) is -0.386. The molecule has 0 aliphatic heterocycles. The minimum Gasteiger partial charge on any atom is -0.380 e. The summed E-state index contributed by atoms with van der Waals surface area (Å²) in [6.45, 7) is 3.29. The molecule has 0 heterocycles. The van der Waals surface area contributed by atoms with E-state index in [0.717, 1.165) is 11.1 Å². The van der Waals surface area contributed by atoms with E-state index in [2.05, 4.69) is 11.4 Å². The van der Waals surface area contributed by atoms with Crippen LogP contribution in [0.3, 0.4) is 0 Å². The van der Waals surface area contributed by atoms with Crippen molar-refractivity contribution in [3.63, 3.8) is 0 Å². The van der Waals surface area contributed by atoms with E-state index < -0.39 is 0 Å². The second-order valence-electron chi connectivity index (χ2n) is 4.98. The molecule has 4 heteroatoms. The molecule has 0 aliphatic carbocycles. The molecule has 112 valence electrons. The smallest absolute Gasteiger partial charge is 0.142 e. The fraction of sp³-hybridized carbons (Fsp3) is 0.294. The fourth-order valence-corrected chi connectivity index (χ4v) is 2.31. The lowest BCUT2D eigenvalue weighted by atomic mass is 10.1. The minimum absolute atomic E-state index is 0.0346. The fourth-order valence-electron chi connectivity index (χ4n) is 2.19. The molecule has 2 rings (SSSR count). The van der Waals surface area contributed by atoms with Crippen LogP contribution in [0.25, 0.3) is 0 Å². The van der Waals surface area contributed by atoms with Gasteiger partial charge in [0.15, 0.2) is 0 Å². The number of hydrogen-bond donors (Lipinski definition) is 1. The lowest BCUT2D eigenvalue weighted by Crippen LogP contribution is -2.19. The summed E-state index contributed by atoms with van der Waals surface area (Å²) in [4.78, 5) is 0. The van der Waals surface area contributed by atoms with Crippen LogP contribution in [0.4, 0.5) is 4.39 Å². The first-order valence-electron chi connectivity index (χ1n) is 6.86. The number of rotatable bonds is 6. The van der Waals surface area contributed by atoms with E-state index in [0.29, 0.717) is 13.2 Å². The van der Waals surface area contributed by atoms with E-state index in [1.165, 1.54) is 11.6 Å². The lowest BCUT2D eigenvalue weighted by molar-refractivity contribution is 0.184. The highest BCUT2D eigenvalue weighted by Gasteiger charge is 2.09. The molecule has 0 spiro atoms. The molecular weight excluding hydrogens is 289 g/mol. The molecule has 2 aromatic carbocycles. The SMILES string of the molecule is COCc1ccccc1CNC(C)c1ccc(Cl)c(F)c1. The van der Waals surface area contributed by atoms with Crippen molar-refractivity contribution in [2.75, 3.05) is 7.11 Å². The van der Waals surface area contributed by atoms with Gasteiger partial charge in [-0.2, -0.15) is 0 Å². The summed E-state index contributed by atoms with van der Waals surface area (Å²) in [6.07, 6.45) is 0. The largest absolute Gasteiger partial charge is 0.380 e. The molecule has 0 radical (unpaired) electrons. The Kier molecular flexibility index (Phi) is 5.74. The first kappa shape index (κ1) is 16.0. The molecule has 0 bridgehead atoms. The molecule has 0 fully saturated rings. The molecule has 0 saturated carbocycles. The van der Waals surface area contributed by atoms with Crippen LogP contribution in [0.2, 0.25) is 5.02 Å². The molecular formula is C17H19ClFNO. The topological polar surface area (TPSA) is 21.3 Å². The third-order valence-electron chi connectivity index (χ3n) is 3.46. The lowest BCUT2D eigenvalue weighted by Gasteiger charge is -2.16. The van der Waals surface area contributed by atoms with Crippen LogP contribution >= 0.6 is 11.6 Å². The number of hydrogen-bond acceptors (Lipinski definition) is 2. The maximum Gasteiger partial charge on any atom is 0.142 e. The monoisotopic (exact) mass is 307 g/mol. The predicted molar refractivity (Wildman–Crippen MR) is 83.8 cm³/mol. The van der Waals surface area contributed by atoms with Crippen LogP contribution in [-0.2, 0) is 17.9 Å². The molecule has 2 nitrogen and oxygen atoms in total. The van der Waals surface area contributed by atoms with Crippen molar-refractivity contribution in [1.82, 2.24) is 5.32 Å². The standard InChI is InChI=1S/C17H19ClFNO/c1-12(13-7-8-16(18)17(19)9-13)20-10-14-5-3-4-6-15(14)11-21-2/h3-9,12,20H,10-11H2,1-2H3. The normalized spacial score (nSPS) is 12.4. The molecule has 1 atom stereocenters. The molecule has 0 aromatic heterocycles. The van der Waals surface area contributed by atoms with Crippen LogP contribution in [0.1, 0.15) is 29.7 Å². The Bertz CT molecular complexity index is 603. The molecule has 2 aromatic rings. The third kappa shape index (κ3) is 4.27. The highest BCUT2D eigenvalue weighted by atomic mass is 35.5. The Balaban J connectivity index is 2.03. The Morgan fingerprint density at radius 2 is 1.90 bits per heavy atom. The Hall–Kier alpha value is -1.42. The van der Waals surface area contributed by atoms with E-state index in [1.54, 1.807) is 13.2 Å². The summed E-state index contributed by atoms with van der Waals surface area (Å²) >= 11 is 5.70. The zero-order valence-corrected chi connectivity index (χ0v) is 13.0. The van der Waals surface area contributed by atoms with Crippen LogP contribution < -0.4 is 5.32 Å². The average Bonchev–Trinajstić information content (AvgIpc) is 2.49. The van der Waals surface area contributed by atoms with E-state index in [1.807, 2.05) is 31.2 Å². The van der Waals surface area contributed by atoms with E-state index in [-0.39, 0.29) is 16.9 Å². The zero-order valence-electron chi connectivity index (χ0n) is 12.2. The number of benzene rings is 2. The van der Waals surface area contributed by atoms with Crippen molar-refractivity contribution in [3.8, 4) is 0 Å². The van der Waals surface area contributed by atoms with Gasteiger partial charge < -0.3 is 10.1 Å². The summed E-state index contributed by atoms with van der Waals surface area (Å²) in [5, 5.41) is 3.54. The van der Waals surface area contributed by atoms with Crippen LogP contribution in [0.5, 0.6) is 0 Å². The van der Waals surface area contributed by atoms with Crippen molar-refractivity contribution in [2.24, 2.45) is 0 Å². The Morgan fingerprint density at radius 3 is 2.57 bits per heavy atom. The number of methoxy groups -OCH3 is 1. The second-order valence-corrected chi connectivity index (χ2v) is 5.39. The van der Waals surface area contributed by atoms with Crippen molar-refractivity contribution < 1.29 is 9.13 Å². The average molecular weight is 308 g/mol. The van der Waals surface area contributed by atoms with Crippen LogP contribution in [-0.4, -0.2) is 7.11 Å². The van der Waals surface area contributed by atoms with E-state index in [4.69, 9.17) is 16.3 Å². The number of nitrogens with one attached hydrogen (secondary N) is 1. The third-order valence-corrected chi connectivity index (χ3v) is 3.77. The maximum absolute atomic E-state index is 13.5. The van der Waals surface area contributed by atoms with Crippen molar-refractivity contribution >= 4 is 11.6 Å². The highest BCUT2D eigenvalue weighted by Crippen LogP contribution is 2.20. The molecule has 0 aliphatic rings. The molecule has 0 saturated heterocycles. The molecule has 1 unspecified atom stereocenters. The number of ether oxygens (including phenoxy) is 1. The van der Waals surface area contributed by atoms with Gasteiger partial charge in [-0.3, -0.25) is 0 Å². The maximum atomic E-state index is 13.5. The van der Waals surface area contributed by atoms with Gasteiger partial charge in [-0.25, -0.2) is 4.39 Å². The zero-order chi connectivity index (χ0) is 15.2. The summed E-state index contributed by atoms with van der Waals surface area (Å²) in [5.41, 5.74) is 3.21. The van der Waals surface area contributed by atoms with Crippen molar-refractivity contribution in [2.45, 2.75) is 26.1 Å². The minimum atomic E-state index is -0.386. The predicted octanol–water partition coefficient (Wildman–Crippen LogP) is 4.48. The molecule has 21 heavy (non-hydrogen) atoms. The second kappa shape index (κ2) is 7.55. The van der Waals surface area contributed by atoms with Gasteiger partial charge in [-0.05, 0) is 35.7 Å². The van der Waals surface area contributed by atoms with Gasteiger partial charge >= 0.3 is 0 Å². The van der Waals surface area contributed by atoms with Gasteiger partial charge in [-0.15, -0.1) is 0 Å². The summed E-state index contributed by atoms with van der Waals surface area (Å²) in [6, 6.07) is 13.0. The van der Waals surface area contributed by atoms with Gasteiger partial charge in [0.05, 0.1) is 11.6 Å². The van der Waals surface area contributed by atoms with Crippen molar-refractivity contribution in [3.05, 3.63) is 70.0 Å². The van der Waals surface area contributed by atoms with E-state index in [9.17, 15) is 4.39 Å². The molecule has 1 N–H and O–H groups in total. The molecule has 0 amide bonds. The summed E-state index contributed by atoms with van der Waals surface area (Å²) < 4.78 is 18.7. The van der Waals surface area contributed by atoms with Gasteiger partial charge in [0, 0.05) is 19.7 Å². The first-order valence-corrected chi connectivity index (χ1v) is 7.23. The Labute approximate surface area is 129 Å². The van der Waals surface area contributed by atoms with Gasteiger partial charge in [0.25, 0.3) is 0 Å². The van der Waals surface area contributed by atoms with Crippen LogP contribution in [0.15, 0.2) is 42.5 Å². The summed E-state index contributed by atoms with van der Waals surface area (Å²) in [7, 11) is 1.68. The van der Waals surface area contributed by atoms with E-state index >= 15 is 0 Å². The highest BCUT2D eigenvalue weighted by molar-refractivity contribution is 6.30. The van der Waals surface area contributed by atoms with Gasteiger partial charge in [0.2, 0.25) is 0 Å². The van der Waals surface area contributed by atoms with Gasteiger partial charge in [0.1, 0.15) is 5.82 Å². The number of halogens is 2. The van der Waals surface area contributed by atoms with Gasteiger partial charge in [-0.1, -0.05) is 41.9 Å². The van der Waals surface area contributed by atoms with Crippen molar-refractivity contribution in [1.29, 1.82) is 0 Å². The van der Waals surface area contributed by atoms with Crippen LogP contribution in [0, 0.1) is 5.82 Å². The Morgan fingerprint density at radius 1 is 1.19 bits per heavy atom. The quantitative estimate of drug-likeness (QED) is 0.850. The first-order chi connectivity index (χ1) is 10.1.